The lowest BCUT2D eigenvalue weighted by Crippen LogP contribution is -2.21. The standard InChI is InChI=1S/C14H20N4/c1-4-12-7-5-6-8-13(12)9-15-11(2)14-17-16-10-18(14)3/h5-8,10-11,15H,4,9H2,1-3H3. The van der Waals surface area contributed by atoms with Gasteiger partial charge in [-0.15, -0.1) is 10.2 Å². The van der Waals surface area contributed by atoms with Crippen LogP contribution in [0.2, 0.25) is 0 Å². The highest BCUT2D eigenvalue weighted by Gasteiger charge is 2.11. The second-order valence-electron chi connectivity index (χ2n) is 4.52. The smallest absolute Gasteiger partial charge is 0.149 e. The molecule has 0 bridgehead atoms. The number of aromatic nitrogens is 3. The van der Waals surface area contributed by atoms with Gasteiger partial charge in [-0.05, 0) is 24.5 Å². The number of nitrogens with one attached hydrogen (secondary N) is 1. The van der Waals surface area contributed by atoms with Crippen LogP contribution in [0.4, 0.5) is 0 Å². The minimum absolute atomic E-state index is 0.197. The molecule has 1 atom stereocenters. The van der Waals surface area contributed by atoms with E-state index in [1.54, 1.807) is 6.33 Å². The van der Waals surface area contributed by atoms with Gasteiger partial charge in [0.1, 0.15) is 12.2 Å². The summed E-state index contributed by atoms with van der Waals surface area (Å²) in [5.41, 5.74) is 2.75. The van der Waals surface area contributed by atoms with Gasteiger partial charge in [0.2, 0.25) is 0 Å². The normalized spacial score (nSPS) is 12.6. The average Bonchev–Trinajstić information content (AvgIpc) is 2.82. The zero-order valence-electron chi connectivity index (χ0n) is 11.2. The Hall–Kier alpha value is -1.68. The van der Waals surface area contributed by atoms with E-state index in [4.69, 9.17) is 0 Å². The molecule has 2 rings (SSSR count). The fourth-order valence-electron chi connectivity index (χ4n) is 2.11. The fourth-order valence-corrected chi connectivity index (χ4v) is 2.11. The Balaban J connectivity index is 2.01. The van der Waals surface area contributed by atoms with Crippen molar-refractivity contribution in [2.75, 3.05) is 0 Å². The van der Waals surface area contributed by atoms with Crippen LogP contribution < -0.4 is 5.32 Å². The molecule has 0 aliphatic rings. The zero-order chi connectivity index (χ0) is 13.0. The number of hydrogen-bond donors (Lipinski definition) is 1. The van der Waals surface area contributed by atoms with E-state index in [9.17, 15) is 0 Å². The Bertz CT molecular complexity index is 504. The maximum Gasteiger partial charge on any atom is 0.149 e. The Kier molecular flexibility index (Phi) is 4.10. The molecule has 0 radical (unpaired) electrons. The molecule has 0 aliphatic heterocycles. The summed E-state index contributed by atoms with van der Waals surface area (Å²) in [6.45, 7) is 5.15. The molecule has 1 unspecified atom stereocenters. The third kappa shape index (κ3) is 2.76. The van der Waals surface area contributed by atoms with Crippen LogP contribution in [0.25, 0.3) is 0 Å². The predicted molar refractivity (Wildman–Crippen MR) is 72.1 cm³/mol. The lowest BCUT2D eigenvalue weighted by atomic mass is 10.1. The topological polar surface area (TPSA) is 42.7 Å². The van der Waals surface area contributed by atoms with Gasteiger partial charge in [-0.3, -0.25) is 0 Å². The van der Waals surface area contributed by atoms with Gasteiger partial charge >= 0.3 is 0 Å². The van der Waals surface area contributed by atoms with Crippen LogP contribution in [0.1, 0.15) is 36.8 Å². The summed E-state index contributed by atoms with van der Waals surface area (Å²) in [7, 11) is 1.97. The van der Waals surface area contributed by atoms with Gasteiger partial charge in [0.05, 0.1) is 6.04 Å². The summed E-state index contributed by atoms with van der Waals surface area (Å²) < 4.78 is 1.95. The number of nitrogens with zero attached hydrogens (tertiary/aromatic N) is 3. The van der Waals surface area contributed by atoms with Crippen molar-refractivity contribution >= 4 is 0 Å². The quantitative estimate of drug-likeness (QED) is 0.877. The number of aryl methyl sites for hydroxylation is 2. The maximum absolute atomic E-state index is 4.12. The van der Waals surface area contributed by atoms with Gasteiger partial charge < -0.3 is 9.88 Å². The Labute approximate surface area is 108 Å². The lowest BCUT2D eigenvalue weighted by molar-refractivity contribution is 0.527. The molecule has 0 saturated carbocycles. The zero-order valence-corrected chi connectivity index (χ0v) is 11.2. The van der Waals surface area contributed by atoms with Crippen LogP contribution in [0.15, 0.2) is 30.6 Å². The molecule has 96 valence electrons. The predicted octanol–water partition coefficient (Wildman–Crippen LogP) is 2.23. The molecule has 18 heavy (non-hydrogen) atoms. The average molecular weight is 244 g/mol. The van der Waals surface area contributed by atoms with E-state index in [-0.39, 0.29) is 6.04 Å². The summed E-state index contributed by atoms with van der Waals surface area (Å²) >= 11 is 0. The van der Waals surface area contributed by atoms with E-state index in [1.807, 2.05) is 11.6 Å². The van der Waals surface area contributed by atoms with E-state index in [0.717, 1.165) is 18.8 Å². The van der Waals surface area contributed by atoms with E-state index in [1.165, 1.54) is 11.1 Å². The summed E-state index contributed by atoms with van der Waals surface area (Å²) in [6, 6.07) is 8.74. The molecule has 0 saturated heterocycles. The maximum atomic E-state index is 4.12. The highest BCUT2D eigenvalue weighted by Crippen LogP contribution is 2.12. The van der Waals surface area contributed by atoms with E-state index >= 15 is 0 Å². The first-order valence-electron chi connectivity index (χ1n) is 6.36. The second-order valence-corrected chi connectivity index (χ2v) is 4.52. The van der Waals surface area contributed by atoms with Crippen molar-refractivity contribution < 1.29 is 0 Å². The molecule has 4 heteroatoms. The van der Waals surface area contributed by atoms with Gasteiger partial charge in [-0.2, -0.15) is 0 Å². The van der Waals surface area contributed by atoms with Crippen LogP contribution in [0.3, 0.4) is 0 Å². The van der Waals surface area contributed by atoms with Gasteiger partial charge in [-0.25, -0.2) is 0 Å². The molecule has 0 spiro atoms. The third-order valence-electron chi connectivity index (χ3n) is 3.23. The fraction of sp³-hybridized carbons (Fsp3) is 0.429. The molecule has 4 nitrogen and oxygen atoms in total. The van der Waals surface area contributed by atoms with Crippen LogP contribution in [0, 0.1) is 0 Å². The first kappa shape index (κ1) is 12.8. The van der Waals surface area contributed by atoms with E-state index in [0.29, 0.717) is 0 Å². The summed E-state index contributed by atoms with van der Waals surface area (Å²) in [5, 5.41) is 11.5. The van der Waals surface area contributed by atoms with Crippen molar-refractivity contribution in [3.8, 4) is 0 Å². The molecular weight excluding hydrogens is 224 g/mol. The van der Waals surface area contributed by atoms with Crippen molar-refractivity contribution in [3.63, 3.8) is 0 Å². The van der Waals surface area contributed by atoms with Gasteiger partial charge in [0, 0.05) is 13.6 Å². The Morgan fingerprint density at radius 2 is 2.00 bits per heavy atom. The van der Waals surface area contributed by atoms with Gasteiger partial charge in [-0.1, -0.05) is 31.2 Å². The Morgan fingerprint density at radius 1 is 1.28 bits per heavy atom. The third-order valence-corrected chi connectivity index (χ3v) is 3.23. The second kappa shape index (κ2) is 5.78. The molecule has 0 aliphatic carbocycles. The molecular formula is C14H20N4. The van der Waals surface area contributed by atoms with E-state index < -0.39 is 0 Å². The lowest BCUT2D eigenvalue weighted by Gasteiger charge is -2.14. The first-order chi connectivity index (χ1) is 8.72. The molecule has 0 amide bonds. The molecule has 1 aromatic carbocycles. The highest BCUT2D eigenvalue weighted by molar-refractivity contribution is 5.26. The van der Waals surface area contributed by atoms with E-state index in [2.05, 4.69) is 53.6 Å². The minimum Gasteiger partial charge on any atom is -0.319 e. The Morgan fingerprint density at radius 3 is 2.61 bits per heavy atom. The number of hydrogen-bond acceptors (Lipinski definition) is 3. The van der Waals surface area contributed by atoms with Gasteiger partial charge in [0.15, 0.2) is 0 Å². The highest BCUT2D eigenvalue weighted by atomic mass is 15.3. The van der Waals surface area contributed by atoms with Crippen molar-refractivity contribution in [3.05, 3.63) is 47.5 Å². The SMILES string of the molecule is CCc1ccccc1CNC(C)c1nncn1C. The monoisotopic (exact) mass is 244 g/mol. The van der Waals surface area contributed by atoms with Crippen LogP contribution >= 0.6 is 0 Å². The number of rotatable bonds is 5. The molecule has 1 heterocycles. The van der Waals surface area contributed by atoms with Crippen molar-refractivity contribution in [2.24, 2.45) is 7.05 Å². The van der Waals surface area contributed by atoms with Crippen LogP contribution in [-0.2, 0) is 20.0 Å². The summed E-state index contributed by atoms with van der Waals surface area (Å²) in [6.07, 6.45) is 2.80. The largest absolute Gasteiger partial charge is 0.319 e. The summed E-state index contributed by atoms with van der Waals surface area (Å²) in [4.78, 5) is 0. The van der Waals surface area contributed by atoms with Gasteiger partial charge in [0.25, 0.3) is 0 Å². The minimum atomic E-state index is 0.197. The molecule has 1 N–H and O–H groups in total. The molecule has 2 aromatic rings. The number of benzene rings is 1. The molecule has 1 aromatic heterocycles. The van der Waals surface area contributed by atoms with Crippen LogP contribution in [-0.4, -0.2) is 14.8 Å². The van der Waals surface area contributed by atoms with Crippen LogP contribution in [0.5, 0.6) is 0 Å². The summed E-state index contributed by atoms with van der Waals surface area (Å²) in [5.74, 6) is 0.962. The van der Waals surface area contributed by atoms with Crippen molar-refractivity contribution in [2.45, 2.75) is 32.9 Å². The van der Waals surface area contributed by atoms with Crippen molar-refractivity contribution in [1.82, 2.24) is 20.1 Å². The first-order valence-corrected chi connectivity index (χ1v) is 6.36. The molecule has 0 fully saturated rings. The van der Waals surface area contributed by atoms with Crippen molar-refractivity contribution in [1.29, 1.82) is 0 Å².